The average Bonchev–Trinajstić information content (AvgIpc) is 3.22. The smallest absolute Gasteiger partial charge is 0.338 e. The lowest BCUT2D eigenvalue weighted by Gasteiger charge is -2.24. The van der Waals surface area contributed by atoms with Crippen LogP contribution in [0.2, 0.25) is 5.02 Å². The van der Waals surface area contributed by atoms with Crippen LogP contribution < -0.4 is 20.5 Å². The van der Waals surface area contributed by atoms with Crippen molar-refractivity contribution in [3.63, 3.8) is 0 Å². The number of esters is 1. The van der Waals surface area contributed by atoms with Gasteiger partial charge in [-0.3, -0.25) is 24.3 Å². The summed E-state index contributed by atoms with van der Waals surface area (Å²) in [4.78, 5) is 62.0. The number of H-pyrrole nitrogens is 1. The number of thiazole rings is 1. The molecule has 42 heavy (non-hydrogen) atoms. The molecule has 0 saturated carbocycles. The van der Waals surface area contributed by atoms with E-state index in [0.717, 1.165) is 23.1 Å². The van der Waals surface area contributed by atoms with Crippen LogP contribution in [0.1, 0.15) is 36.7 Å². The van der Waals surface area contributed by atoms with E-state index in [4.69, 9.17) is 16.3 Å². The second-order valence-corrected chi connectivity index (χ2v) is 11.6. The molecule has 1 aliphatic rings. The fraction of sp³-hybridized carbons (Fsp3) is 0.179. The van der Waals surface area contributed by atoms with Crippen LogP contribution in [0, 0.1) is 17.0 Å². The van der Waals surface area contributed by atoms with Crippen molar-refractivity contribution in [2.24, 2.45) is 4.99 Å². The first-order valence-electron chi connectivity index (χ1n) is 12.5. The summed E-state index contributed by atoms with van der Waals surface area (Å²) in [5, 5.41) is 12.7. The van der Waals surface area contributed by atoms with E-state index < -0.39 is 22.5 Å². The fourth-order valence-corrected chi connectivity index (χ4v) is 6.56. The summed E-state index contributed by atoms with van der Waals surface area (Å²) >= 11 is 8.16. The fourth-order valence-electron chi connectivity index (χ4n) is 4.46. The van der Waals surface area contributed by atoms with Crippen LogP contribution in [-0.4, -0.2) is 32.0 Å². The van der Waals surface area contributed by atoms with Gasteiger partial charge in [0.05, 0.1) is 38.3 Å². The lowest BCUT2D eigenvalue weighted by Crippen LogP contribution is -2.39. The number of aryl methyl sites for hydroxylation is 1. The van der Waals surface area contributed by atoms with Crippen LogP contribution in [0.4, 0.5) is 5.69 Å². The van der Waals surface area contributed by atoms with Gasteiger partial charge in [0.25, 0.3) is 16.8 Å². The molecule has 3 heterocycles. The molecule has 214 valence electrons. The van der Waals surface area contributed by atoms with Crippen molar-refractivity contribution in [3.05, 3.63) is 122 Å². The molecule has 0 unspecified atom stereocenters. The maximum atomic E-state index is 13.8. The van der Waals surface area contributed by atoms with Gasteiger partial charge in [-0.25, -0.2) is 14.8 Å². The minimum atomic E-state index is -0.809. The van der Waals surface area contributed by atoms with Crippen molar-refractivity contribution >= 4 is 52.4 Å². The molecule has 0 bridgehead atoms. The number of aromatic nitrogens is 3. The molecule has 1 N–H and O–H groups in total. The van der Waals surface area contributed by atoms with Gasteiger partial charge in [-0.15, -0.1) is 0 Å². The van der Waals surface area contributed by atoms with Gasteiger partial charge in [0.15, 0.2) is 9.96 Å². The molecule has 0 amide bonds. The van der Waals surface area contributed by atoms with Crippen molar-refractivity contribution < 1.29 is 14.5 Å². The third-order valence-corrected chi connectivity index (χ3v) is 8.42. The molecule has 0 radical (unpaired) electrons. The highest BCUT2D eigenvalue weighted by Crippen LogP contribution is 2.34. The molecule has 0 saturated heterocycles. The highest BCUT2D eigenvalue weighted by atomic mass is 35.5. The Balaban J connectivity index is 1.62. The Morgan fingerprint density at radius 1 is 1.21 bits per heavy atom. The van der Waals surface area contributed by atoms with E-state index in [1.807, 2.05) is 0 Å². The standard InChI is InChI=1S/C28H22ClN5O6S2/c1-4-40-26(37)23-15(3)31-28-33(24(23)17-6-8-18(29)9-7-17)25(36)21(42-28)13-16-5-10-20(19(12-16)34(38)39)41-27-30-14(2)11-22(35)32-27/h5-13,24H,4H2,1-3H3,(H,30,32,35)/b21-13+/t24-/m0/s1. The minimum Gasteiger partial charge on any atom is -0.463 e. The van der Waals surface area contributed by atoms with Crippen molar-refractivity contribution in [1.82, 2.24) is 14.5 Å². The molecular formula is C28H22ClN5O6S2. The first kappa shape index (κ1) is 29.2. The van der Waals surface area contributed by atoms with Crippen molar-refractivity contribution in [1.29, 1.82) is 0 Å². The monoisotopic (exact) mass is 623 g/mol. The second-order valence-electron chi connectivity index (χ2n) is 9.13. The SMILES string of the molecule is CCOC(=O)C1=C(C)N=c2s/c(=C/c3ccc(Sc4nc(C)cc(=O)[nH]4)c([N+](=O)[O-])c3)c(=O)n2[C@H]1c1ccc(Cl)cc1. The number of ether oxygens (including phenoxy) is 1. The molecule has 1 atom stereocenters. The van der Waals surface area contributed by atoms with E-state index >= 15 is 0 Å². The number of aromatic amines is 1. The summed E-state index contributed by atoms with van der Waals surface area (Å²) in [6, 6.07) is 11.8. The quantitative estimate of drug-likeness (QED) is 0.141. The molecule has 0 aliphatic carbocycles. The Morgan fingerprint density at radius 3 is 2.62 bits per heavy atom. The number of hydrogen-bond acceptors (Lipinski definition) is 10. The summed E-state index contributed by atoms with van der Waals surface area (Å²) in [7, 11) is 0. The maximum absolute atomic E-state index is 13.8. The van der Waals surface area contributed by atoms with Crippen LogP contribution in [0.3, 0.4) is 0 Å². The summed E-state index contributed by atoms with van der Waals surface area (Å²) < 4.78 is 6.99. The van der Waals surface area contributed by atoms with Crippen LogP contribution >= 0.6 is 34.7 Å². The van der Waals surface area contributed by atoms with Gasteiger partial charge in [0.1, 0.15) is 0 Å². The third-order valence-electron chi connectivity index (χ3n) is 6.23. The Kier molecular flexibility index (Phi) is 8.25. The molecule has 0 fully saturated rings. The number of carbonyl (C=O) groups is 1. The van der Waals surface area contributed by atoms with Gasteiger partial charge in [-0.2, -0.15) is 0 Å². The first-order chi connectivity index (χ1) is 20.0. The van der Waals surface area contributed by atoms with Crippen molar-refractivity contribution in [2.45, 2.75) is 36.9 Å². The topological polar surface area (TPSA) is 150 Å². The van der Waals surface area contributed by atoms with Gasteiger partial charge in [0.2, 0.25) is 0 Å². The molecule has 0 spiro atoms. The van der Waals surface area contributed by atoms with E-state index in [-0.39, 0.29) is 38.0 Å². The van der Waals surface area contributed by atoms with E-state index in [0.29, 0.717) is 32.3 Å². The summed E-state index contributed by atoms with van der Waals surface area (Å²) in [6.07, 6.45) is 1.54. The Labute approximate surface area is 251 Å². The van der Waals surface area contributed by atoms with Gasteiger partial charge >= 0.3 is 5.97 Å². The molecule has 4 aromatic rings. The van der Waals surface area contributed by atoms with E-state index in [1.165, 1.54) is 22.8 Å². The highest BCUT2D eigenvalue weighted by Gasteiger charge is 2.33. The predicted molar refractivity (Wildman–Crippen MR) is 159 cm³/mol. The minimum absolute atomic E-state index is 0.149. The molecule has 2 aromatic carbocycles. The van der Waals surface area contributed by atoms with Gasteiger partial charge < -0.3 is 9.72 Å². The van der Waals surface area contributed by atoms with Crippen LogP contribution in [0.25, 0.3) is 6.08 Å². The molecule has 14 heteroatoms. The lowest BCUT2D eigenvalue weighted by molar-refractivity contribution is -0.387. The first-order valence-corrected chi connectivity index (χ1v) is 14.6. The van der Waals surface area contributed by atoms with Gasteiger partial charge in [0, 0.05) is 22.8 Å². The van der Waals surface area contributed by atoms with Gasteiger partial charge in [-0.05, 0) is 67.9 Å². The third kappa shape index (κ3) is 5.84. The summed E-state index contributed by atoms with van der Waals surface area (Å²) in [6.45, 7) is 5.18. The van der Waals surface area contributed by atoms with Crippen LogP contribution in [0.15, 0.2) is 84.4 Å². The van der Waals surface area contributed by atoms with Crippen molar-refractivity contribution in [2.75, 3.05) is 6.61 Å². The Hall–Kier alpha value is -4.33. The molecule has 5 rings (SSSR count). The molecular weight excluding hydrogens is 602 g/mol. The Morgan fingerprint density at radius 2 is 1.95 bits per heavy atom. The number of allylic oxidation sites excluding steroid dienone is 1. The number of hydrogen-bond donors (Lipinski definition) is 1. The zero-order valence-electron chi connectivity index (χ0n) is 22.4. The maximum Gasteiger partial charge on any atom is 0.338 e. The van der Waals surface area contributed by atoms with E-state index in [2.05, 4.69) is 15.0 Å². The Bertz CT molecular complexity index is 2010. The molecule has 11 nitrogen and oxygen atoms in total. The predicted octanol–water partition coefficient (Wildman–Crippen LogP) is 3.90. The van der Waals surface area contributed by atoms with E-state index in [1.54, 1.807) is 57.2 Å². The molecule has 1 aliphatic heterocycles. The largest absolute Gasteiger partial charge is 0.463 e. The number of nitro benzene ring substituents is 1. The lowest BCUT2D eigenvalue weighted by atomic mass is 9.96. The number of benzene rings is 2. The number of nitro groups is 1. The number of nitrogens with one attached hydrogen (secondary N) is 1. The number of rotatable bonds is 7. The average molecular weight is 624 g/mol. The number of halogens is 1. The zero-order valence-corrected chi connectivity index (χ0v) is 24.8. The van der Waals surface area contributed by atoms with E-state index in [9.17, 15) is 24.5 Å². The highest BCUT2D eigenvalue weighted by molar-refractivity contribution is 7.99. The number of carbonyl (C=O) groups excluding carboxylic acids is 1. The van der Waals surface area contributed by atoms with Crippen LogP contribution in [-0.2, 0) is 9.53 Å². The van der Waals surface area contributed by atoms with Crippen molar-refractivity contribution in [3.8, 4) is 0 Å². The van der Waals surface area contributed by atoms with Crippen LogP contribution in [0.5, 0.6) is 0 Å². The number of nitrogens with zero attached hydrogens (tertiary/aromatic N) is 4. The zero-order chi connectivity index (χ0) is 30.1. The second kappa shape index (κ2) is 11.9. The normalized spacial score (nSPS) is 14.9. The van der Waals surface area contributed by atoms with Gasteiger partial charge in [-0.1, -0.05) is 41.1 Å². The molecule has 2 aromatic heterocycles. The summed E-state index contributed by atoms with van der Waals surface area (Å²) in [5.74, 6) is -0.582. The summed E-state index contributed by atoms with van der Waals surface area (Å²) in [5.41, 5.74) is 1.18. The number of fused-ring (bicyclic) bond motifs is 1.